The van der Waals surface area contributed by atoms with Crippen molar-refractivity contribution in [3.8, 4) is 0 Å². The molecule has 20 heavy (non-hydrogen) atoms. The zero-order valence-electron chi connectivity index (χ0n) is 12.8. The van der Waals surface area contributed by atoms with E-state index in [1.807, 2.05) is 34.6 Å². The molecular formula is C14H22N2O2S2. The molecule has 1 aromatic rings. The van der Waals surface area contributed by atoms with Crippen LogP contribution in [-0.2, 0) is 11.2 Å². The second kappa shape index (κ2) is 6.54. The van der Waals surface area contributed by atoms with Crippen molar-refractivity contribution in [2.75, 3.05) is 12.4 Å². The quantitative estimate of drug-likeness (QED) is 0.661. The van der Waals surface area contributed by atoms with E-state index in [1.54, 1.807) is 0 Å². The van der Waals surface area contributed by atoms with Crippen molar-refractivity contribution in [1.82, 2.24) is 5.32 Å². The lowest BCUT2D eigenvalue weighted by Crippen LogP contribution is -2.43. The zero-order chi connectivity index (χ0) is 15.5. The maximum Gasteiger partial charge on any atom is 0.341 e. The number of thiocarbonyl (C=S) groups is 1. The lowest BCUT2D eigenvalue weighted by Gasteiger charge is -2.22. The predicted molar refractivity (Wildman–Crippen MR) is 88.9 cm³/mol. The fraction of sp³-hybridized carbons (Fsp3) is 0.571. The number of nitrogens with one attached hydrogen (secondary N) is 2. The van der Waals surface area contributed by atoms with E-state index in [1.165, 1.54) is 18.4 Å². The molecule has 0 aromatic carbocycles. The Labute approximate surface area is 129 Å². The van der Waals surface area contributed by atoms with Gasteiger partial charge < -0.3 is 15.4 Å². The largest absolute Gasteiger partial charge is 0.465 e. The molecule has 0 aliphatic heterocycles. The highest BCUT2D eigenvalue weighted by atomic mass is 32.1. The van der Waals surface area contributed by atoms with Crippen LogP contribution in [0.1, 0.15) is 48.5 Å². The Morgan fingerprint density at radius 1 is 1.40 bits per heavy atom. The van der Waals surface area contributed by atoms with Crippen LogP contribution in [0.2, 0.25) is 0 Å². The molecule has 1 heterocycles. The van der Waals surface area contributed by atoms with Gasteiger partial charge in [0.1, 0.15) is 5.00 Å². The molecule has 4 nitrogen and oxygen atoms in total. The lowest BCUT2D eigenvalue weighted by atomic mass is 10.1. The van der Waals surface area contributed by atoms with Crippen LogP contribution in [0.4, 0.5) is 5.00 Å². The van der Waals surface area contributed by atoms with Gasteiger partial charge in [0.2, 0.25) is 0 Å². The molecule has 0 saturated heterocycles. The monoisotopic (exact) mass is 314 g/mol. The van der Waals surface area contributed by atoms with Gasteiger partial charge in [-0.25, -0.2) is 4.79 Å². The minimum Gasteiger partial charge on any atom is -0.465 e. The first-order valence-electron chi connectivity index (χ1n) is 6.49. The molecular weight excluding hydrogens is 292 g/mol. The second-order valence-corrected chi connectivity index (χ2v) is 7.15. The number of ether oxygens (including phenoxy) is 1. The number of carbonyl (C=O) groups is 1. The minimum atomic E-state index is -0.327. The van der Waals surface area contributed by atoms with Gasteiger partial charge in [-0.15, -0.1) is 11.3 Å². The normalized spacial score (nSPS) is 11.1. The summed E-state index contributed by atoms with van der Waals surface area (Å²) in [6.45, 7) is 10.1. The Hall–Kier alpha value is -1.14. The van der Waals surface area contributed by atoms with Crippen molar-refractivity contribution >= 4 is 39.6 Å². The van der Waals surface area contributed by atoms with E-state index < -0.39 is 0 Å². The summed E-state index contributed by atoms with van der Waals surface area (Å²) in [5.41, 5.74) is 1.48. The van der Waals surface area contributed by atoms with Crippen molar-refractivity contribution in [2.45, 2.75) is 46.6 Å². The van der Waals surface area contributed by atoms with Crippen LogP contribution >= 0.6 is 23.6 Å². The number of rotatable bonds is 3. The summed E-state index contributed by atoms with van der Waals surface area (Å²) in [5, 5.41) is 7.54. The third kappa shape index (κ3) is 4.18. The SMILES string of the molecule is CCc1c(C)sc(NC(=S)NC(C)(C)C)c1C(=O)OC. The standard InChI is InChI=1S/C14H22N2O2S2/c1-7-9-8(2)20-11(10(9)12(17)18-6)15-13(19)16-14(3,4)5/h7H2,1-6H3,(H2,15,16,19). The lowest BCUT2D eigenvalue weighted by molar-refractivity contribution is 0.0601. The van der Waals surface area contributed by atoms with E-state index in [0.717, 1.165) is 21.9 Å². The Kier molecular flexibility index (Phi) is 5.53. The molecule has 0 radical (unpaired) electrons. The van der Waals surface area contributed by atoms with Crippen LogP contribution in [0.15, 0.2) is 0 Å². The van der Waals surface area contributed by atoms with E-state index in [2.05, 4.69) is 10.6 Å². The zero-order valence-corrected chi connectivity index (χ0v) is 14.5. The van der Waals surface area contributed by atoms with Crippen LogP contribution in [-0.4, -0.2) is 23.7 Å². The molecule has 112 valence electrons. The number of hydrogen-bond acceptors (Lipinski definition) is 4. The number of anilines is 1. The first-order chi connectivity index (χ1) is 9.19. The fourth-order valence-electron chi connectivity index (χ4n) is 1.89. The van der Waals surface area contributed by atoms with E-state index in [0.29, 0.717) is 10.7 Å². The van der Waals surface area contributed by atoms with Crippen molar-refractivity contribution < 1.29 is 9.53 Å². The smallest absolute Gasteiger partial charge is 0.341 e. The van der Waals surface area contributed by atoms with Crippen molar-refractivity contribution in [3.63, 3.8) is 0 Å². The summed E-state index contributed by atoms with van der Waals surface area (Å²) in [6, 6.07) is 0. The summed E-state index contributed by atoms with van der Waals surface area (Å²) in [7, 11) is 1.39. The molecule has 0 bridgehead atoms. The number of aryl methyl sites for hydroxylation is 1. The molecule has 0 amide bonds. The van der Waals surface area contributed by atoms with Gasteiger partial charge in [-0.05, 0) is 51.9 Å². The number of esters is 1. The molecule has 0 spiro atoms. The van der Waals surface area contributed by atoms with Crippen LogP contribution in [0.5, 0.6) is 0 Å². The molecule has 0 unspecified atom stereocenters. The minimum absolute atomic E-state index is 0.130. The summed E-state index contributed by atoms with van der Waals surface area (Å²) in [5.74, 6) is -0.327. The predicted octanol–water partition coefficient (Wildman–Crippen LogP) is 3.49. The number of carbonyl (C=O) groups excluding carboxylic acids is 1. The van der Waals surface area contributed by atoms with Crippen molar-refractivity contribution in [1.29, 1.82) is 0 Å². The highest BCUT2D eigenvalue weighted by Gasteiger charge is 2.23. The highest BCUT2D eigenvalue weighted by molar-refractivity contribution is 7.80. The van der Waals surface area contributed by atoms with Crippen molar-refractivity contribution in [3.05, 3.63) is 16.0 Å². The van der Waals surface area contributed by atoms with Gasteiger partial charge in [-0.1, -0.05) is 6.92 Å². The van der Waals surface area contributed by atoms with Gasteiger partial charge in [-0.2, -0.15) is 0 Å². The highest BCUT2D eigenvalue weighted by Crippen LogP contribution is 2.34. The molecule has 2 N–H and O–H groups in total. The van der Waals surface area contributed by atoms with Crippen LogP contribution in [0.25, 0.3) is 0 Å². The second-order valence-electron chi connectivity index (χ2n) is 5.52. The molecule has 1 rings (SSSR count). The van der Waals surface area contributed by atoms with Gasteiger partial charge >= 0.3 is 5.97 Å². The molecule has 0 aliphatic carbocycles. The maximum atomic E-state index is 12.0. The summed E-state index contributed by atoms with van der Waals surface area (Å²) in [4.78, 5) is 13.1. The van der Waals surface area contributed by atoms with Crippen LogP contribution in [0, 0.1) is 6.92 Å². The molecule has 6 heteroatoms. The van der Waals surface area contributed by atoms with Gasteiger partial charge in [0.15, 0.2) is 5.11 Å². The topological polar surface area (TPSA) is 50.4 Å². The molecule has 0 aliphatic rings. The Morgan fingerprint density at radius 3 is 2.45 bits per heavy atom. The van der Waals surface area contributed by atoms with Crippen LogP contribution < -0.4 is 10.6 Å². The van der Waals surface area contributed by atoms with Gasteiger partial charge in [-0.3, -0.25) is 0 Å². The third-order valence-corrected chi connectivity index (χ3v) is 3.93. The van der Waals surface area contributed by atoms with E-state index in [-0.39, 0.29) is 11.5 Å². The Bertz CT molecular complexity index is 516. The average Bonchev–Trinajstić information content (AvgIpc) is 2.61. The van der Waals surface area contributed by atoms with E-state index in [4.69, 9.17) is 17.0 Å². The first kappa shape index (κ1) is 16.9. The third-order valence-electron chi connectivity index (χ3n) is 2.67. The molecule has 1 aromatic heterocycles. The van der Waals surface area contributed by atoms with Gasteiger partial charge in [0.05, 0.1) is 12.7 Å². The number of hydrogen-bond donors (Lipinski definition) is 2. The average molecular weight is 314 g/mol. The van der Waals surface area contributed by atoms with E-state index in [9.17, 15) is 4.79 Å². The fourth-order valence-corrected chi connectivity index (χ4v) is 3.50. The molecule has 0 atom stereocenters. The van der Waals surface area contributed by atoms with E-state index >= 15 is 0 Å². The van der Waals surface area contributed by atoms with Crippen LogP contribution in [0.3, 0.4) is 0 Å². The summed E-state index contributed by atoms with van der Waals surface area (Å²) >= 11 is 6.81. The number of thiophene rings is 1. The maximum absolute atomic E-state index is 12.0. The van der Waals surface area contributed by atoms with Gasteiger partial charge in [0, 0.05) is 10.4 Å². The molecule has 0 saturated carbocycles. The summed E-state index contributed by atoms with van der Waals surface area (Å²) in [6.07, 6.45) is 0.786. The Balaban J connectivity index is 3.06. The van der Waals surface area contributed by atoms with Gasteiger partial charge in [0.25, 0.3) is 0 Å². The summed E-state index contributed by atoms with van der Waals surface area (Å²) < 4.78 is 4.88. The van der Waals surface area contributed by atoms with Crippen molar-refractivity contribution in [2.24, 2.45) is 0 Å². The number of methoxy groups -OCH3 is 1. The molecule has 0 fully saturated rings. The first-order valence-corrected chi connectivity index (χ1v) is 7.71. The Morgan fingerprint density at radius 2 is 2.00 bits per heavy atom.